The number of hydrogen-bond acceptors (Lipinski definition) is 3. The molecule has 4 nitrogen and oxygen atoms in total. The monoisotopic (exact) mass is 211 g/mol. The molecule has 0 radical (unpaired) electrons. The molecule has 1 aromatic heterocycles. The highest BCUT2D eigenvalue weighted by atomic mass is 16.5. The quantitative estimate of drug-likeness (QED) is 0.733. The molecular weight excluding hydrogens is 190 g/mol. The van der Waals surface area contributed by atoms with Crippen molar-refractivity contribution in [2.24, 2.45) is 0 Å². The third-order valence-electron chi connectivity index (χ3n) is 2.50. The van der Waals surface area contributed by atoms with Crippen LogP contribution >= 0.6 is 0 Å². The fourth-order valence-corrected chi connectivity index (χ4v) is 1.54. The van der Waals surface area contributed by atoms with E-state index in [0.29, 0.717) is 6.04 Å². The Kier molecular flexibility index (Phi) is 5.36. The Morgan fingerprint density at radius 3 is 2.93 bits per heavy atom. The Hall–Kier alpha value is -0.870. The van der Waals surface area contributed by atoms with Crippen molar-refractivity contribution in [1.29, 1.82) is 0 Å². The van der Waals surface area contributed by atoms with Gasteiger partial charge in [0, 0.05) is 38.0 Å². The topological polar surface area (TPSA) is 39.1 Å². The Labute approximate surface area is 91.7 Å². The van der Waals surface area contributed by atoms with Gasteiger partial charge in [0.15, 0.2) is 0 Å². The zero-order valence-corrected chi connectivity index (χ0v) is 9.86. The SMILES string of the molecule is CCOCC(Cc1nccn1CC)NC. The second-order valence-corrected chi connectivity index (χ2v) is 3.48. The van der Waals surface area contributed by atoms with Gasteiger partial charge in [0.1, 0.15) is 5.82 Å². The Bertz CT molecular complexity index is 273. The van der Waals surface area contributed by atoms with Crippen LogP contribution in [0.1, 0.15) is 19.7 Å². The molecule has 0 saturated heterocycles. The van der Waals surface area contributed by atoms with E-state index in [2.05, 4.69) is 21.8 Å². The average Bonchev–Trinajstić information content (AvgIpc) is 2.71. The van der Waals surface area contributed by atoms with Gasteiger partial charge >= 0.3 is 0 Å². The highest BCUT2D eigenvalue weighted by Crippen LogP contribution is 2.02. The molecule has 1 N–H and O–H groups in total. The maximum Gasteiger partial charge on any atom is 0.110 e. The van der Waals surface area contributed by atoms with E-state index < -0.39 is 0 Å². The molecule has 1 atom stereocenters. The predicted molar refractivity (Wildman–Crippen MR) is 60.9 cm³/mol. The van der Waals surface area contributed by atoms with Crippen LogP contribution in [0, 0.1) is 0 Å². The molecule has 0 aliphatic rings. The molecule has 0 fully saturated rings. The fourth-order valence-electron chi connectivity index (χ4n) is 1.54. The number of nitrogens with one attached hydrogen (secondary N) is 1. The second-order valence-electron chi connectivity index (χ2n) is 3.48. The van der Waals surface area contributed by atoms with Gasteiger partial charge in [0.2, 0.25) is 0 Å². The van der Waals surface area contributed by atoms with Crippen LogP contribution in [0.25, 0.3) is 0 Å². The third kappa shape index (κ3) is 3.64. The lowest BCUT2D eigenvalue weighted by atomic mass is 10.2. The molecule has 0 aliphatic heterocycles. The van der Waals surface area contributed by atoms with Crippen LogP contribution in [0.2, 0.25) is 0 Å². The fraction of sp³-hybridized carbons (Fsp3) is 0.727. The van der Waals surface area contributed by atoms with Crippen LogP contribution in [-0.2, 0) is 17.7 Å². The first-order valence-electron chi connectivity index (χ1n) is 5.56. The molecule has 1 rings (SSSR count). The van der Waals surface area contributed by atoms with Gasteiger partial charge in [-0.15, -0.1) is 0 Å². The van der Waals surface area contributed by atoms with Crippen molar-refractivity contribution in [3.8, 4) is 0 Å². The second kappa shape index (κ2) is 6.58. The van der Waals surface area contributed by atoms with E-state index in [9.17, 15) is 0 Å². The van der Waals surface area contributed by atoms with Gasteiger partial charge < -0.3 is 14.6 Å². The largest absolute Gasteiger partial charge is 0.380 e. The van der Waals surface area contributed by atoms with Crippen molar-refractivity contribution in [2.45, 2.75) is 32.9 Å². The lowest BCUT2D eigenvalue weighted by Gasteiger charge is -2.16. The van der Waals surface area contributed by atoms with E-state index in [4.69, 9.17) is 4.74 Å². The number of ether oxygens (including phenoxy) is 1. The Balaban J connectivity index is 2.50. The molecule has 0 aromatic carbocycles. The summed E-state index contributed by atoms with van der Waals surface area (Å²) < 4.78 is 7.57. The van der Waals surface area contributed by atoms with Crippen LogP contribution in [0.5, 0.6) is 0 Å². The summed E-state index contributed by atoms with van der Waals surface area (Å²) in [4.78, 5) is 4.35. The first-order chi connectivity index (χ1) is 7.31. The van der Waals surface area contributed by atoms with Crippen molar-refractivity contribution in [3.05, 3.63) is 18.2 Å². The summed E-state index contributed by atoms with van der Waals surface area (Å²) >= 11 is 0. The van der Waals surface area contributed by atoms with E-state index in [-0.39, 0.29) is 0 Å². The summed E-state index contributed by atoms with van der Waals surface area (Å²) in [7, 11) is 1.96. The minimum absolute atomic E-state index is 0.345. The van der Waals surface area contributed by atoms with Crippen LogP contribution in [0.15, 0.2) is 12.4 Å². The normalized spacial score (nSPS) is 13.0. The molecule has 0 bridgehead atoms. The third-order valence-corrected chi connectivity index (χ3v) is 2.50. The van der Waals surface area contributed by atoms with E-state index >= 15 is 0 Å². The molecule has 1 aromatic rings. The van der Waals surface area contributed by atoms with Crippen molar-refractivity contribution < 1.29 is 4.74 Å². The van der Waals surface area contributed by atoms with E-state index in [0.717, 1.165) is 32.0 Å². The van der Waals surface area contributed by atoms with E-state index in [1.807, 2.05) is 26.4 Å². The van der Waals surface area contributed by atoms with Gasteiger partial charge in [0.25, 0.3) is 0 Å². The number of aryl methyl sites for hydroxylation is 1. The zero-order chi connectivity index (χ0) is 11.1. The molecule has 86 valence electrons. The van der Waals surface area contributed by atoms with Gasteiger partial charge in [-0.2, -0.15) is 0 Å². The van der Waals surface area contributed by atoms with Crippen LogP contribution in [0.4, 0.5) is 0 Å². The first kappa shape index (κ1) is 12.2. The maximum absolute atomic E-state index is 5.41. The number of imidazole rings is 1. The van der Waals surface area contributed by atoms with Crippen molar-refractivity contribution in [2.75, 3.05) is 20.3 Å². The highest BCUT2D eigenvalue weighted by Gasteiger charge is 2.10. The standard InChI is InChI=1S/C11H21N3O/c1-4-14-7-6-13-11(14)8-10(12-3)9-15-5-2/h6-7,10,12H,4-5,8-9H2,1-3H3. The van der Waals surface area contributed by atoms with Crippen molar-refractivity contribution >= 4 is 0 Å². The summed E-state index contributed by atoms with van der Waals surface area (Å²) in [5, 5.41) is 3.25. The predicted octanol–water partition coefficient (Wildman–Crippen LogP) is 1.07. The van der Waals surface area contributed by atoms with Crippen molar-refractivity contribution in [3.63, 3.8) is 0 Å². The molecular formula is C11H21N3O. The van der Waals surface area contributed by atoms with E-state index in [1.54, 1.807) is 0 Å². The van der Waals surface area contributed by atoms with Gasteiger partial charge in [-0.3, -0.25) is 0 Å². The smallest absolute Gasteiger partial charge is 0.110 e. The molecule has 0 saturated carbocycles. The van der Waals surface area contributed by atoms with Crippen molar-refractivity contribution in [1.82, 2.24) is 14.9 Å². The number of hydrogen-bond donors (Lipinski definition) is 1. The van der Waals surface area contributed by atoms with Gasteiger partial charge in [-0.25, -0.2) is 4.98 Å². The Morgan fingerprint density at radius 1 is 1.53 bits per heavy atom. The lowest BCUT2D eigenvalue weighted by Crippen LogP contribution is -2.33. The average molecular weight is 211 g/mol. The minimum atomic E-state index is 0.345. The lowest BCUT2D eigenvalue weighted by molar-refractivity contribution is 0.124. The van der Waals surface area contributed by atoms with Gasteiger partial charge in [0.05, 0.1) is 6.61 Å². The summed E-state index contributed by atoms with van der Waals surface area (Å²) in [6.45, 7) is 6.62. The summed E-state index contributed by atoms with van der Waals surface area (Å²) in [5.74, 6) is 1.12. The molecule has 0 aliphatic carbocycles. The number of aromatic nitrogens is 2. The highest BCUT2D eigenvalue weighted by molar-refractivity contribution is 4.95. The number of rotatable bonds is 7. The minimum Gasteiger partial charge on any atom is -0.380 e. The van der Waals surface area contributed by atoms with Crippen LogP contribution < -0.4 is 5.32 Å². The molecule has 1 unspecified atom stereocenters. The Morgan fingerprint density at radius 2 is 2.33 bits per heavy atom. The zero-order valence-electron chi connectivity index (χ0n) is 9.86. The van der Waals surface area contributed by atoms with E-state index in [1.165, 1.54) is 0 Å². The molecule has 4 heteroatoms. The summed E-state index contributed by atoms with van der Waals surface area (Å²) in [5.41, 5.74) is 0. The first-order valence-corrected chi connectivity index (χ1v) is 5.56. The number of nitrogens with zero attached hydrogens (tertiary/aromatic N) is 2. The summed E-state index contributed by atoms with van der Waals surface area (Å²) in [6, 6.07) is 0.345. The van der Waals surface area contributed by atoms with Crippen LogP contribution in [0.3, 0.4) is 0 Å². The van der Waals surface area contributed by atoms with Gasteiger partial charge in [-0.05, 0) is 20.9 Å². The van der Waals surface area contributed by atoms with Gasteiger partial charge in [-0.1, -0.05) is 0 Å². The molecule has 0 spiro atoms. The maximum atomic E-state index is 5.41. The van der Waals surface area contributed by atoms with Crippen LogP contribution in [-0.4, -0.2) is 35.9 Å². The molecule has 0 amide bonds. The molecule has 15 heavy (non-hydrogen) atoms. The number of likely N-dealkylation sites (N-methyl/N-ethyl adjacent to an activating group) is 1. The summed E-state index contributed by atoms with van der Waals surface area (Å²) in [6.07, 6.45) is 4.78. The molecule has 1 heterocycles.